The maximum atomic E-state index is 12.2. The van der Waals surface area contributed by atoms with Crippen LogP contribution in [-0.4, -0.2) is 24.2 Å². The number of fused-ring (bicyclic) bond motifs is 1. The number of amides is 1. The number of esters is 1. The minimum atomic E-state index is -0.703. The van der Waals surface area contributed by atoms with Gasteiger partial charge < -0.3 is 4.74 Å². The Hall–Kier alpha value is -3.73. The van der Waals surface area contributed by atoms with Crippen molar-refractivity contribution >= 4 is 23.3 Å². The third-order valence-electron chi connectivity index (χ3n) is 4.63. The summed E-state index contributed by atoms with van der Waals surface area (Å²) in [5, 5.41) is 0. The van der Waals surface area contributed by atoms with Crippen molar-refractivity contribution in [3.63, 3.8) is 0 Å². The number of benzene rings is 3. The van der Waals surface area contributed by atoms with Crippen molar-refractivity contribution in [3.8, 4) is 11.1 Å². The van der Waals surface area contributed by atoms with E-state index in [-0.39, 0.29) is 13.2 Å². The van der Waals surface area contributed by atoms with Crippen LogP contribution in [0.5, 0.6) is 0 Å². The predicted octanol–water partition coefficient (Wildman–Crippen LogP) is 3.63. The second kappa shape index (κ2) is 7.48. The summed E-state index contributed by atoms with van der Waals surface area (Å²) in [7, 11) is 0. The molecular formula is C23H17NO4. The summed E-state index contributed by atoms with van der Waals surface area (Å²) in [6.07, 6.45) is 0. The molecule has 0 saturated heterocycles. The first-order valence-electron chi connectivity index (χ1n) is 8.89. The van der Waals surface area contributed by atoms with E-state index in [1.54, 1.807) is 24.3 Å². The van der Waals surface area contributed by atoms with Crippen LogP contribution in [0, 0.1) is 0 Å². The third kappa shape index (κ3) is 3.42. The molecule has 5 heteroatoms. The molecule has 0 atom stereocenters. The zero-order valence-electron chi connectivity index (χ0n) is 15.0. The molecule has 0 spiro atoms. The first-order valence-corrected chi connectivity index (χ1v) is 8.89. The Morgan fingerprint density at radius 3 is 2.18 bits per heavy atom. The molecule has 0 unspecified atom stereocenters. The quantitative estimate of drug-likeness (QED) is 0.508. The molecule has 1 aliphatic rings. The van der Waals surface area contributed by atoms with Crippen molar-refractivity contribution in [1.29, 1.82) is 0 Å². The maximum Gasteiger partial charge on any atom is 0.326 e. The van der Waals surface area contributed by atoms with Crippen LogP contribution in [0.1, 0.15) is 15.9 Å². The lowest BCUT2D eigenvalue weighted by Gasteiger charge is -2.15. The van der Waals surface area contributed by atoms with Crippen molar-refractivity contribution in [2.45, 2.75) is 6.61 Å². The van der Waals surface area contributed by atoms with E-state index in [0.29, 0.717) is 11.3 Å². The molecule has 0 N–H and O–H groups in total. The monoisotopic (exact) mass is 371 g/mol. The summed E-state index contributed by atoms with van der Waals surface area (Å²) < 4.78 is 5.29. The zero-order valence-corrected chi connectivity index (χ0v) is 15.0. The largest absolute Gasteiger partial charge is 0.459 e. The Balaban J connectivity index is 1.38. The Bertz CT molecular complexity index is 1040. The van der Waals surface area contributed by atoms with E-state index in [1.807, 2.05) is 54.6 Å². The van der Waals surface area contributed by atoms with Crippen LogP contribution in [0.3, 0.4) is 0 Å². The van der Waals surface area contributed by atoms with Crippen LogP contribution in [0.25, 0.3) is 11.1 Å². The highest BCUT2D eigenvalue weighted by Gasteiger charge is 2.36. The number of Topliss-reactive ketones (excluding diaryl/α,β-unsaturated/α-hetero) is 1. The Morgan fingerprint density at radius 2 is 1.43 bits per heavy atom. The van der Waals surface area contributed by atoms with E-state index in [0.717, 1.165) is 16.7 Å². The first-order chi connectivity index (χ1) is 13.6. The number of hydrogen-bond acceptors (Lipinski definition) is 4. The molecule has 5 nitrogen and oxygen atoms in total. The number of nitrogens with zero attached hydrogens (tertiary/aromatic N) is 1. The van der Waals surface area contributed by atoms with Crippen molar-refractivity contribution in [3.05, 3.63) is 90.0 Å². The molecule has 1 heterocycles. The van der Waals surface area contributed by atoms with Gasteiger partial charge in [-0.2, -0.15) is 0 Å². The SMILES string of the molecule is O=C(CN1C(=O)C(=O)c2ccccc21)OCc1ccc(-c2ccccc2)cc1. The predicted molar refractivity (Wildman–Crippen MR) is 105 cm³/mol. The van der Waals surface area contributed by atoms with Gasteiger partial charge in [-0.3, -0.25) is 19.3 Å². The van der Waals surface area contributed by atoms with Crippen molar-refractivity contribution in [1.82, 2.24) is 0 Å². The molecule has 4 rings (SSSR count). The highest BCUT2D eigenvalue weighted by molar-refractivity contribution is 6.52. The molecule has 3 aromatic carbocycles. The van der Waals surface area contributed by atoms with E-state index >= 15 is 0 Å². The number of ether oxygens (including phenoxy) is 1. The number of anilines is 1. The smallest absolute Gasteiger partial charge is 0.326 e. The van der Waals surface area contributed by atoms with Crippen molar-refractivity contribution < 1.29 is 19.1 Å². The topological polar surface area (TPSA) is 63.7 Å². The van der Waals surface area contributed by atoms with Crippen LogP contribution in [0.15, 0.2) is 78.9 Å². The average Bonchev–Trinajstić information content (AvgIpc) is 2.98. The van der Waals surface area contributed by atoms with Crippen LogP contribution >= 0.6 is 0 Å². The number of hydrogen-bond donors (Lipinski definition) is 0. The highest BCUT2D eigenvalue weighted by atomic mass is 16.5. The van der Waals surface area contributed by atoms with E-state index in [1.165, 1.54) is 4.90 Å². The second-order valence-electron chi connectivity index (χ2n) is 6.46. The fraction of sp³-hybridized carbons (Fsp3) is 0.0870. The van der Waals surface area contributed by atoms with Crippen molar-refractivity contribution in [2.24, 2.45) is 0 Å². The molecule has 138 valence electrons. The van der Waals surface area contributed by atoms with Crippen LogP contribution in [-0.2, 0) is 20.9 Å². The highest BCUT2D eigenvalue weighted by Crippen LogP contribution is 2.28. The molecule has 28 heavy (non-hydrogen) atoms. The van der Waals surface area contributed by atoms with Crippen LogP contribution in [0.4, 0.5) is 5.69 Å². The Labute approximate surface area is 162 Å². The van der Waals surface area contributed by atoms with Gasteiger partial charge in [0.25, 0.3) is 11.7 Å². The lowest BCUT2D eigenvalue weighted by atomic mass is 10.0. The second-order valence-corrected chi connectivity index (χ2v) is 6.46. The van der Waals surface area contributed by atoms with Gasteiger partial charge in [-0.05, 0) is 28.8 Å². The number of carbonyl (C=O) groups is 3. The van der Waals surface area contributed by atoms with Gasteiger partial charge in [0, 0.05) is 0 Å². The van der Waals surface area contributed by atoms with E-state index in [4.69, 9.17) is 4.74 Å². The van der Waals surface area contributed by atoms with Gasteiger partial charge in [0.05, 0.1) is 11.3 Å². The molecule has 0 radical (unpaired) electrons. The minimum absolute atomic E-state index is 0.103. The number of carbonyl (C=O) groups excluding carboxylic acids is 3. The molecule has 1 amide bonds. The standard InChI is InChI=1S/C23H17NO4/c25-21(14-24-20-9-5-4-8-19(20)22(26)23(24)27)28-15-16-10-12-18(13-11-16)17-6-2-1-3-7-17/h1-13H,14-15H2. The van der Waals surface area contributed by atoms with Crippen LogP contribution in [0.2, 0.25) is 0 Å². The van der Waals surface area contributed by atoms with E-state index < -0.39 is 17.7 Å². The van der Waals surface area contributed by atoms with Gasteiger partial charge >= 0.3 is 5.97 Å². The molecule has 0 aliphatic carbocycles. The lowest BCUT2D eigenvalue weighted by molar-refractivity contribution is -0.143. The molecule has 0 fully saturated rings. The average molecular weight is 371 g/mol. The summed E-state index contributed by atoms with van der Waals surface area (Å²) in [4.78, 5) is 37.4. The van der Waals surface area contributed by atoms with Gasteiger partial charge in [0.15, 0.2) is 0 Å². The van der Waals surface area contributed by atoms with Gasteiger partial charge in [-0.1, -0.05) is 66.7 Å². The fourth-order valence-corrected chi connectivity index (χ4v) is 3.17. The molecule has 0 saturated carbocycles. The molecule has 0 aromatic heterocycles. The Morgan fingerprint density at radius 1 is 0.786 bits per heavy atom. The minimum Gasteiger partial charge on any atom is -0.459 e. The maximum absolute atomic E-state index is 12.2. The molecule has 0 bridgehead atoms. The summed E-state index contributed by atoms with van der Waals surface area (Å²) in [5.74, 6) is -1.87. The number of para-hydroxylation sites is 1. The van der Waals surface area contributed by atoms with Gasteiger partial charge in [-0.25, -0.2) is 0 Å². The van der Waals surface area contributed by atoms with Gasteiger partial charge in [-0.15, -0.1) is 0 Å². The summed E-state index contributed by atoms with van der Waals surface area (Å²) >= 11 is 0. The lowest BCUT2D eigenvalue weighted by Crippen LogP contribution is -2.35. The Kier molecular flexibility index (Phi) is 4.72. The van der Waals surface area contributed by atoms with E-state index in [9.17, 15) is 14.4 Å². The normalized spacial score (nSPS) is 12.8. The summed E-state index contributed by atoms with van der Waals surface area (Å²) in [6.45, 7) is -0.185. The molecule has 3 aromatic rings. The van der Waals surface area contributed by atoms with Gasteiger partial charge in [0.2, 0.25) is 0 Å². The van der Waals surface area contributed by atoms with Crippen LogP contribution < -0.4 is 4.90 Å². The fourth-order valence-electron chi connectivity index (χ4n) is 3.17. The molecule has 1 aliphatic heterocycles. The molecular weight excluding hydrogens is 354 g/mol. The summed E-state index contributed by atoms with van der Waals surface area (Å²) in [6, 6.07) is 24.4. The number of ketones is 1. The first kappa shape index (κ1) is 17.7. The zero-order chi connectivity index (χ0) is 19.5. The van der Waals surface area contributed by atoms with Gasteiger partial charge in [0.1, 0.15) is 13.2 Å². The number of rotatable bonds is 5. The van der Waals surface area contributed by atoms with Crippen molar-refractivity contribution in [2.75, 3.05) is 11.4 Å². The third-order valence-corrected chi connectivity index (χ3v) is 4.63. The summed E-state index contributed by atoms with van der Waals surface area (Å²) in [5.41, 5.74) is 3.80. The van der Waals surface area contributed by atoms with E-state index in [2.05, 4.69) is 0 Å².